The standard InChI is InChI=1S/C20H19N5OS/c1-27-18-9-5-4-8-15(18)20-21-19(23-26-20)13-10-11-17-16(12-13)22-24-25(17)14-6-2-3-7-14/h4-5,8-12,14H,2-3,6-7H2,1H3. The van der Waals surface area contributed by atoms with E-state index in [1.54, 1.807) is 11.8 Å². The second kappa shape index (κ2) is 6.81. The van der Waals surface area contributed by atoms with Gasteiger partial charge in [-0.15, -0.1) is 16.9 Å². The van der Waals surface area contributed by atoms with Crippen LogP contribution in [-0.2, 0) is 0 Å². The Kier molecular flexibility index (Phi) is 4.16. The smallest absolute Gasteiger partial charge is 0.259 e. The lowest BCUT2D eigenvalue weighted by Crippen LogP contribution is -2.06. The molecule has 27 heavy (non-hydrogen) atoms. The first-order valence-electron chi connectivity index (χ1n) is 9.16. The summed E-state index contributed by atoms with van der Waals surface area (Å²) in [5.74, 6) is 1.10. The van der Waals surface area contributed by atoms with Crippen LogP contribution in [0.1, 0.15) is 31.7 Å². The van der Waals surface area contributed by atoms with Crippen molar-refractivity contribution >= 4 is 22.8 Å². The molecule has 0 bridgehead atoms. The Morgan fingerprint density at radius 1 is 1.11 bits per heavy atom. The van der Waals surface area contributed by atoms with E-state index in [1.165, 1.54) is 25.7 Å². The van der Waals surface area contributed by atoms with E-state index in [1.807, 2.05) is 36.6 Å². The molecule has 0 amide bonds. The van der Waals surface area contributed by atoms with Crippen LogP contribution in [0.2, 0.25) is 0 Å². The normalized spacial score (nSPS) is 15.0. The molecule has 0 aliphatic heterocycles. The second-order valence-electron chi connectivity index (χ2n) is 6.80. The van der Waals surface area contributed by atoms with Crippen LogP contribution in [0.25, 0.3) is 33.9 Å². The Morgan fingerprint density at radius 2 is 1.96 bits per heavy atom. The maximum atomic E-state index is 5.53. The van der Waals surface area contributed by atoms with Gasteiger partial charge >= 0.3 is 0 Å². The van der Waals surface area contributed by atoms with Crippen LogP contribution >= 0.6 is 11.8 Å². The van der Waals surface area contributed by atoms with Crippen molar-refractivity contribution in [2.45, 2.75) is 36.6 Å². The van der Waals surface area contributed by atoms with Crippen molar-refractivity contribution in [3.63, 3.8) is 0 Å². The lowest BCUT2D eigenvalue weighted by Gasteiger charge is -2.09. The predicted molar refractivity (Wildman–Crippen MR) is 106 cm³/mol. The summed E-state index contributed by atoms with van der Waals surface area (Å²) in [4.78, 5) is 5.72. The van der Waals surface area contributed by atoms with Crippen LogP contribution in [-0.4, -0.2) is 31.4 Å². The van der Waals surface area contributed by atoms with Gasteiger partial charge in [-0.1, -0.05) is 35.3 Å². The molecule has 5 rings (SSSR count). The summed E-state index contributed by atoms with van der Waals surface area (Å²) in [5, 5.41) is 12.9. The molecule has 0 spiro atoms. The minimum Gasteiger partial charge on any atom is -0.334 e. The minimum absolute atomic E-state index is 0.473. The fourth-order valence-electron chi connectivity index (χ4n) is 3.77. The maximum Gasteiger partial charge on any atom is 0.259 e. The highest BCUT2D eigenvalue weighted by molar-refractivity contribution is 7.98. The molecule has 0 radical (unpaired) electrons. The molecule has 1 saturated carbocycles. The lowest BCUT2D eigenvalue weighted by molar-refractivity contribution is 0.431. The molecule has 0 saturated heterocycles. The molecule has 0 atom stereocenters. The van der Waals surface area contributed by atoms with E-state index >= 15 is 0 Å². The minimum atomic E-state index is 0.473. The van der Waals surface area contributed by atoms with E-state index in [-0.39, 0.29) is 0 Å². The first-order chi connectivity index (χ1) is 13.3. The molecule has 1 aliphatic carbocycles. The van der Waals surface area contributed by atoms with Crippen molar-refractivity contribution in [1.82, 2.24) is 25.1 Å². The van der Waals surface area contributed by atoms with Crippen molar-refractivity contribution in [3.05, 3.63) is 42.5 Å². The SMILES string of the molecule is CSc1ccccc1-c1nc(-c2ccc3c(c2)nnn3C2CCCC2)no1. The summed E-state index contributed by atoms with van der Waals surface area (Å²) < 4.78 is 7.60. The van der Waals surface area contributed by atoms with E-state index in [9.17, 15) is 0 Å². The van der Waals surface area contributed by atoms with Crippen LogP contribution in [0.15, 0.2) is 51.9 Å². The number of hydrogen-bond donors (Lipinski definition) is 0. The Balaban J connectivity index is 1.50. The molecule has 2 aromatic carbocycles. The van der Waals surface area contributed by atoms with E-state index < -0.39 is 0 Å². The van der Waals surface area contributed by atoms with Crippen LogP contribution in [0.5, 0.6) is 0 Å². The maximum absolute atomic E-state index is 5.53. The summed E-state index contributed by atoms with van der Waals surface area (Å²) in [5.41, 5.74) is 3.78. The summed E-state index contributed by atoms with van der Waals surface area (Å²) in [6.07, 6.45) is 6.95. The molecule has 0 unspecified atom stereocenters. The highest BCUT2D eigenvalue weighted by atomic mass is 32.2. The average Bonchev–Trinajstić information content (AvgIpc) is 3.47. The van der Waals surface area contributed by atoms with Crippen LogP contribution in [0.3, 0.4) is 0 Å². The van der Waals surface area contributed by atoms with Gasteiger partial charge in [-0.25, -0.2) is 4.68 Å². The fraction of sp³-hybridized carbons (Fsp3) is 0.300. The third-order valence-electron chi connectivity index (χ3n) is 5.16. The second-order valence-corrected chi connectivity index (χ2v) is 7.65. The molecule has 7 heteroatoms. The van der Waals surface area contributed by atoms with Gasteiger partial charge in [-0.05, 0) is 49.4 Å². The van der Waals surface area contributed by atoms with Gasteiger partial charge in [-0.2, -0.15) is 4.98 Å². The third kappa shape index (κ3) is 2.92. The van der Waals surface area contributed by atoms with E-state index in [2.05, 4.69) is 37.3 Å². The van der Waals surface area contributed by atoms with Gasteiger partial charge in [0.15, 0.2) is 0 Å². The zero-order chi connectivity index (χ0) is 18.2. The van der Waals surface area contributed by atoms with Crippen LogP contribution in [0.4, 0.5) is 0 Å². The first kappa shape index (κ1) is 16.5. The van der Waals surface area contributed by atoms with E-state index in [4.69, 9.17) is 4.52 Å². The zero-order valence-corrected chi connectivity index (χ0v) is 15.8. The molecule has 1 aliphatic rings. The van der Waals surface area contributed by atoms with E-state index in [0.717, 1.165) is 27.1 Å². The quantitative estimate of drug-likeness (QED) is 0.467. The average molecular weight is 377 g/mol. The van der Waals surface area contributed by atoms with Gasteiger partial charge in [0.1, 0.15) is 5.52 Å². The number of hydrogen-bond acceptors (Lipinski definition) is 6. The molecule has 2 heterocycles. The molecule has 2 aromatic heterocycles. The van der Waals surface area contributed by atoms with Gasteiger partial charge in [0.2, 0.25) is 5.82 Å². The summed E-state index contributed by atoms with van der Waals surface area (Å²) in [7, 11) is 0. The summed E-state index contributed by atoms with van der Waals surface area (Å²) in [6.45, 7) is 0. The number of nitrogens with zero attached hydrogens (tertiary/aromatic N) is 5. The van der Waals surface area contributed by atoms with Crippen LogP contribution in [0, 0.1) is 0 Å². The third-order valence-corrected chi connectivity index (χ3v) is 5.96. The monoisotopic (exact) mass is 377 g/mol. The number of benzene rings is 2. The molecule has 6 nitrogen and oxygen atoms in total. The molecule has 4 aromatic rings. The Bertz CT molecular complexity index is 1100. The van der Waals surface area contributed by atoms with Gasteiger partial charge in [0, 0.05) is 10.5 Å². The zero-order valence-electron chi connectivity index (χ0n) is 15.0. The first-order valence-corrected chi connectivity index (χ1v) is 10.4. The molecule has 0 N–H and O–H groups in total. The summed E-state index contributed by atoms with van der Waals surface area (Å²) >= 11 is 1.66. The van der Waals surface area contributed by atoms with Crippen molar-refractivity contribution in [1.29, 1.82) is 0 Å². The van der Waals surface area contributed by atoms with Crippen molar-refractivity contribution in [2.75, 3.05) is 6.26 Å². The van der Waals surface area contributed by atoms with Gasteiger partial charge in [0.25, 0.3) is 5.89 Å². The fourth-order valence-corrected chi connectivity index (χ4v) is 4.36. The largest absolute Gasteiger partial charge is 0.334 e. The number of aromatic nitrogens is 5. The van der Waals surface area contributed by atoms with Crippen molar-refractivity contribution in [3.8, 4) is 22.8 Å². The Labute approximate surface area is 161 Å². The van der Waals surface area contributed by atoms with Crippen molar-refractivity contribution in [2.24, 2.45) is 0 Å². The highest BCUT2D eigenvalue weighted by Gasteiger charge is 2.21. The lowest BCUT2D eigenvalue weighted by atomic mass is 10.1. The van der Waals surface area contributed by atoms with Crippen LogP contribution < -0.4 is 0 Å². The number of thioether (sulfide) groups is 1. The Morgan fingerprint density at radius 3 is 2.81 bits per heavy atom. The number of fused-ring (bicyclic) bond motifs is 1. The Hall–Kier alpha value is -2.67. The van der Waals surface area contributed by atoms with E-state index in [0.29, 0.717) is 17.8 Å². The molecular formula is C20H19N5OS. The highest BCUT2D eigenvalue weighted by Crippen LogP contribution is 2.33. The molecule has 136 valence electrons. The summed E-state index contributed by atoms with van der Waals surface area (Å²) in [6, 6.07) is 14.6. The predicted octanol–water partition coefficient (Wildman–Crippen LogP) is 4.99. The van der Waals surface area contributed by atoms with Crippen molar-refractivity contribution < 1.29 is 4.52 Å². The molecule has 1 fully saturated rings. The topological polar surface area (TPSA) is 69.6 Å². The van der Waals surface area contributed by atoms with Gasteiger partial charge in [-0.3, -0.25) is 0 Å². The van der Waals surface area contributed by atoms with Gasteiger partial charge in [0.05, 0.1) is 17.1 Å². The molecular weight excluding hydrogens is 358 g/mol. The number of rotatable bonds is 4. The van der Waals surface area contributed by atoms with Gasteiger partial charge < -0.3 is 4.52 Å².